The van der Waals surface area contributed by atoms with Crippen molar-refractivity contribution in [2.75, 3.05) is 24.5 Å². The van der Waals surface area contributed by atoms with Crippen molar-refractivity contribution >= 4 is 11.6 Å². The summed E-state index contributed by atoms with van der Waals surface area (Å²) in [5.41, 5.74) is 5.10. The summed E-state index contributed by atoms with van der Waals surface area (Å²) in [6, 6.07) is 17.5. The molecule has 3 nitrogen and oxygen atoms in total. The van der Waals surface area contributed by atoms with Gasteiger partial charge in [0, 0.05) is 32.1 Å². The van der Waals surface area contributed by atoms with Crippen LogP contribution in [0.25, 0.3) is 0 Å². The van der Waals surface area contributed by atoms with Crippen LogP contribution in [0.4, 0.5) is 5.69 Å². The Labute approximate surface area is 176 Å². The van der Waals surface area contributed by atoms with Crippen LogP contribution in [0.2, 0.25) is 0 Å². The van der Waals surface area contributed by atoms with Crippen molar-refractivity contribution in [3.8, 4) is 0 Å². The molecule has 1 saturated heterocycles. The third-order valence-corrected chi connectivity index (χ3v) is 6.16. The maximum atomic E-state index is 13.2. The minimum Gasteiger partial charge on any atom is -0.309 e. The molecule has 1 aliphatic rings. The molecule has 0 unspecified atom stereocenters. The molecule has 3 heteroatoms. The first-order valence-electron chi connectivity index (χ1n) is 11.3. The lowest BCUT2D eigenvalue weighted by Gasteiger charge is -2.40. The molecule has 2 aromatic carbocycles. The van der Waals surface area contributed by atoms with Crippen LogP contribution in [0.5, 0.6) is 0 Å². The maximum Gasteiger partial charge on any atom is 0.227 e. The number of nitrogens with zero attached hydrogens (tertiary/aromatic N) is 2. The van der Waals surface area contributed by atoms with E-state index >= 15 is 0 Å². The normalized spacial score (nSPS) is 15.4. The molecule has 0 aromatic heterocycles. The summed E-state index contributed by atoms with van der Waals surface area (Å²) in [5.74, 6) is 0.291. The number of piperidine rings is 1. The number of carbonyl (C=O) groups excluding carboxylic acids is 1. The molecule has 29 heavy (non-hydrogen) atoms. The van der Waals surface area contributed by atoms with E-state index in [9.17, 15) is 4.79 Å². The third kappa shape index (κ3) is 5.48. The fourth-order valence-electron chi connectivity index (χ4n) is 4.53. The van der Waals surface area contributed by atoms with Gasteiger partial charge in [0.15, 0.2) is 0 Å². The third-order valence-electron chi connectivity index (χ3n) is 6.16. The zero-order valence-corrected chi connectivity index (χ0v) is 18.4. The molecule has 0 atom stereocenters. The molecule has 0 saturated carbocycles. The molecule has 1 aliphatic heterocycles. The van der Waals surface area contributed by atoms with Gasteiger partial charge in [0.1, 0.15) is 0 Å². The molecule has 156 valence electrons. The monoisotopic (exact) mass is 392 g/mol. The molecule has 0 bridgehead atoms. The van der Waals surface area contributed by atoms with Crippen molar-refractivity contribution in [1.82, 2.24) is 4.90 Å². The first-order valence-corrected chi connectivity index (χ1v) is 11.3. The lowest BCUT2D eigenvalue weighted by molar-refractivity contribution is -0.119. The number of hydrogen-bond acceptors (Lipinski definition) is 2. The summed E-state index contributed by atoms with van der Waals surface area (Å²) in [7, 11) is 0. The van der Waals surface area contributed by atoms with Gasteiger partial charge in [0.2, 0.25) is 5.91 Å². The number of anilines is 1. The Kier molecular flexibility index (Phi) is 7.88. The highest BCUT2D eigenvalue weighted by Gasteiger charge is 2.30. The highest BCUT2D eigenvalue weighted by molar-refractivity contribution is 5.95. The number of rotatable bonds is 8. The molecule has 0 radical (unpaired) electrons. The molecule has 1 heterocycles. The zero-order chi connectivity index (χ0) is 20.6. The minimum atomic E-state index is 0.291. The predicted molar refractivity (Wildman–Crippen MR) is 123 cm³/mol. The summed E-state index contributed by atoms with van der Waals surface area (Å²) in [5, 5.41) is 0. The van der Waals surface area contributed by atoms with Crippen molar-refractivity contribution in [3.05, 3.63) is 65.2 Å². The van der Waals surface area contributed by atoms with Gasteiger partial charge in [0.05, 0.1) is 5.69 Å². The van der Waals surface area contributed by atoms with E-state index in [1.165, 1.54) is 22.4 Å². The topological polar surface area (TPSA) is 23.6 Å². The van der Waals surface area contributed by atoms with E-state index in [4.69, 9.17) is 0 Å². The Bertz CT molecular complexity index is 779. The van der Waals surface area contributed by atoms with Gasteiger partial charge in [-0.3, -0.25) is 4.79 Å². The van der Waals surface area contributed by atoms with Gasteiger partial charge in [-0.25, -0.2) is 0 Å². The van der Waals surface area contributed by atoms with E-state index in [0.717, 1.165) is 51.7 Å². The fourth-order valence-corrected chi connectivity index (χ4v) is 4.53. The molecule has 3 rings (SSSR count). The fraction of sp³-hybridized carbons (Fsp3) is 0.500. The molecular formula is C26H36N2O. The predicted octanol–water partition coefficient (Wildman–Crippen LogP) is 5.40. The van der Waals surface area contributed by atoms with Gasteiger partial charge in [-0.2, -0.15) is 0 Å². The highest BCUT2D eigenvalue weighted by atomic mass is 16.2. The van der Waals surface area contributed by atoms with Gasteiger partial charge in [-0.1, -0.05) is 62.4 Å². The SMILES string of the molecule is CCCC(=O)N(c1c(C)cccc1CC)C1CCN(CCc2ccccc2)CC1. The Morgan fingerprint density at radius 3 is 2.41 bits per heavy atom. The van der Waals surface area contributed by atoms with Gasteiger partial charge in [-0.05, 0) is 55.7 Å². The smallest absolute Gasteiger partial charge is 0.227 e. The number of hydrogen-bond donors (Lipinski definition) is 0. The zero-order valence-electron chi connectivity index (χ0n) is 18.4. The number of para-hydroxylation sites is 1. The van der Waals surface area contributed by atoms with E-state index in [2.05, 4.69) is 79.1 Å². The number of aryl methyl sites for hydroxylation is 2. The lowest BCUT2D eigenvalue weighted by Crippen LogP contribution is -2.48. The molecule has 1 fully saturated rings. The average molecular weight is 393 g/mol. The highest BCUT2D eigenvalue weighted by Crippen LogP contribution is 2.31. The van der Waals surface area contributed by atoms with E-state index in [1.54, 1.807) is 0 Å². The van der Waals surface area contributed by atoms with E-state index in [1.807, 2.05) is 0 Å². The van der Waals surface area contributed by atoms with Crippen LogP contribution < -0.4 is 4.90 Å². The second kappa shape index (κ2) is 10.6. The first-order chi connectivity index (χ1) is 14.1. The summed E-state index contributed by atoms with van der Waals surface area (Å²) in [6.45, 7) is 9.68. The molecule has 2 aromatic rings. The standard InChI is InChI=1S/C26H36N2O/c1-4-10-25(29)28(26-21(3)11-9-14-23(26)5-2)24-16-19-27(20-17-24)18-15-22-12-7-6-8-13-22/h6-9,11-14,24H,4-5,10,15-20H2,1-3H3. The van der Waals surface area contributed by atoms with Crippen LogP contribution in [-0.4, -0.2) is 36.5 Å². The summed E-state index contributed by atoms with van der Waals surface area (Å²) >= 11 is 0. The minimum absolute atomic E-state index is 0.291. The van der Waals surface area contributed by atoms with E-state index in [0.29, 0.717) is 18.4 Å². The number of amides is 1. The summed E-state index contributed by atoms with van der Waals surface area (Å²) in [6.07, 6.45) is 5.71. The van der Waals surface area contributed by atoms with Crippen LogP contribution in [0.3, 0.4) is 0 Å². The molecule has 0 spiro atoms. The van der Waals surface area contributed by atoms with Crippen LogP contribution in [0.1, 0.15) is 56.2 Å². The van der Waals surface area contributed by atoms with Crippen LogP contribution in [0, 0.1) is 6.92 Å². The van der Waals surface area contributed by atoms with Gasteiger partial charge >= 0.3 is 0 Å². The number of benzene rings is 2. The largest absolute Gasteiger partial charge is 0.309 e. The average Bonchev–Trinajstić information content (AvgIpc) is 2.75. The van der Waals surface area contributed by atoms with Crippen LogP contribution in [-0.2, 0) is 17.6 Å². The first kappa shape index (κ1) is 21.6. The molecular weight excluding hydrogens is 356 g/mol. The lowest BCUT2D eigenvalue weighted by atomic mass is 9.97. The number of carbonyl (C=O) groups is 1. The van der Waals surface area contributed by atoms with Crippen LogP contribution in [0.15, 0.2) is 48.5 Å². The van der Waals surface area contributed by atoms with E-state index < -0.39 is 0 Å². The van der Waals surface area contributed by atoms with Gasteiger partial charge in [0.25, 0.3) is 0 Å². The van der Waals surface area contributed by atoms with Gasteiger partial charge < -0.3 is 9.80 Å². The molecule has 0 aliphatic carbocycles. The number of likely N-dealkylation sites (tertiary alicyclic amines) is 1. The molecule has 1 amide bonds. The quantitative estimate of drug-likeness (QED) is 0.601. The second-order valence-electron chi connectivity index (χ2n) is 8.26. The Morgan fingerprint density at radius 2 is 1.76 bits per heavy atom. The van der Waals surface area contributed by atoms with Gasteiger partial charge in [-0.15, -0.1) is 0 Å². The Balaban J connectivity index is 1.70. The van der Waals surface area contributed by atoms with Crippen LogP contribution >= 0.6 is 0 Å². The van der Waals surface area contributed by atoms with E-state index in [-0.39, 0.29) is 0 Å². The van der Waals surface area contributed by atoms with Crippen molar-refractivity contribution in [2.45, 2.75) is 65.3 Å². The summed E-state index contributed by atoms with van der Waals surface area (Å²) < 4.78 is 0. The summed E-state index contributed by atoms with van der Waals surface area (Å²) in [4.78, 5) is 17.9. The molecule has 0 N–H and O–H groups in total. The Hall–Kier alpha value is -2.13. The second-order valence-corrected chi connectivity index (χ2v) is 8.26. The van der Waals surface area contributed by atoms with Crippen molar-refractivity contribution < 1.29 is 4.79 Å². The maximum absolute atomic E-state index is 13.2. The van der Waals surface area contributed by atoms with Crippen molar-refractivity contribution in [1.29, 1.82) is 0 Å². The van der Waals surface area contributed by atoms with Crippen molar-refractivity contribution in [2.24, 2.45) is 0 Å². The Morgan fingerprint density at radius 1 is 1.03 bits per heavy atom. The van der Waals surface area contributed by atoms with Crippen molar-refractivity contribution in [3.63, 3.8) is 0 Å².